The minimum absolute atomic E-state index is 0.0946. The number of carbonyl (C=O) groups excluding carboxylic acids is 1. The molecule has 0 spiro atoms. The second-order valence-corrected chi connectivity index (χ2v) is 2.82. The van der Waals surface area contributed by atoms with Crippen LogP contribution in [0.15, 0.2) is 24.3 Å². The Hall–Kier alpha value is -0.730. The summed E-state index contributed by atoms with van der Waals surface area (Å²) in [6.45, 7) is 0. The molecule has 0 heterocycles. The Bertz CT molecular complexity index is 271. The van der Waals surface area contributed by atoms with E-state index in [1.165, 1.54) is 0 Å². The third-order valence-electron chi connectivity index (χ3n) is 1.19. The van der Waals surface area contributed by atoms with Crippen LogP contribution in [0.4, 0.5) is 5.69 Å². The van der Waals surface area contributed by atoms with Crippen molar-refractivity contribution in [3.63, 3.8) is 0 Å². The summed E-state index contributed by atoms with van der Waals surface area (Å²) >= 11 is 10.9. The molecule has 0 aromatic heterocycles. The third kappa shape index (κ3) is 2.72. The number of halogens is 2. The lowest BCUT2D eigenvalue weighted by Crippen LogP contribution is -2.10. The Labute approximate surface area is 80.5 Å². The molecule has 0 aliphatic heterocycles. The van der Waals surface area contributed by atoms with Crippen molar-refractivity contribution in [2.24, 2.45) is 0 Å². The lowest BCUT2D eigenvalue weighted by molar-refractivity contribution is -0.117. The standard InChI is InChI=1S/C8H6Cl2NO/c9-5-8(12)11-7-3-1-6(10)2-4-7/h1-4H,5H2. The van der Waals surface area contributed by atoms with E-state index in [-0.39, 0.29) is 11.8 Å². The smallest absolute Gasteiger partial charge is 0.261 e. The van der Waals surface area contributed by atoms with Crippen LogP contribution in [-0.4, -0.2) is 11.8 Å². The Morgan fingerprint density at radius 2 is 1.92 bits per heavy atom. The third-order valence-corrected chi connectivity index (χ3v) is 1.68. The van der Waals surface area contributed by atoms with E-state index in [1.807, 2.05) is 0 Å². The number of rotatable bonds is 2. The van der Waals surface area contributed by atoms with Gasteiger partial charge in [-0.15, -0.1) is 11.6 Å². The van der Waals surface area contributed by atoms with Gasteiger partial charge in [0.25, 0.3) is 5.91 Å². The fourth-order valence-electron chi connectivity index (χ4n) is 0.689. The quantitative estimate of drug-likeness (QED) is 0.678. The molecule has 1 amide bonds. The summed E-state index contributed by atoms with van der Waals surface area (Å²) < 4.78 is 0. The van der Waals surface area contributed by atoms with E-state index < -0.39 is 0 Å². The van der Waals surface area contributed by atoms with Crippen molar-refractivity contribution in [1.29, 1.82) is 0 Å². The largest absolute Gasteiger partial charge is 0.271 e. The minimum Gasteiger partial charge on any atom is -0.271 e. The lowest BCUT2D eigenvalue weighted by atomic mass is 10.3. The molecule has 1 aromatic rings. The molecule has 1 rings (SSSR count). The van der Waals surface area contributed by atoms with Crippen molar-refractivity contribution < 1.29 is 4.79 Å². The van der Waals surface area contributed by atoms with E-state index in [4.69, 9.17) is 23.2 Å². The second kappa shape index (κ2) is 4.33. The number of nitrogens with zero attached hydrogens (tertiary/aromatic N) is 1. The van der Waals surface area contributed by atoms with Crippen LogP contribution < -0.4 is 5.32 Å². The number of carbonyl (C=O) groups is 1. The predicted octanol–water partition coefficient (Wildman–Crippen LogP) is 2.34. The van der Waals surface area contributed by atoms with Gasteiger partial charge in [-0.3, -0.25) is 4.79 Å². The van der Waals surface area contributed by atoms with E-state index in [0.717, 1.165) is 0 Å². The van der Waals surface area contributed by atoms with Crippen LogP contribution in [-0.2, 0) is 4.79 Å². The highest BCUT2D eigenvalue weighted by Crippen LogP contribution is 2.13. The average Bonchev–Trinajstić information content (AvgIpc) is 2.09. The first-order valence-corrected chi connectivity index (χ1v) is 4.19. The summed E-state index contributed by atoms with van der Waals surface area (Å²) in [6.07, 6.45) is 0. The maximum Gasteiger partial charge on any atom is 0.261 e. The van der Waals surface area contributed by atoms with Crippen LogP contribution in [0.25, 0.3) is 0 Å². The number of amides is 1. The van der Waals surface area contributed by atoms with Crippen LogP contribution in [0.5, 0.6) is 0 Å². The van der Waals surface area contributed by atoms with E-state index in [1.54, 1.807) is 24.3 Å². The first kappa shape index (κ1) is 9.36. The van der Waals surface area contributed by atoms with Crippen LogP contribution in [0.1, 0.15) is 0 Å². The normalized spacial score (nSPS) is 9.50. The van der Waals surface area contributed by atoms with Crippen molar-refractivity contribution >= 4 is 34.8 Å². The van der Waals surface area contributed by atoms with Gasteiger partial charge in [-0.25, -0.2) is 5.32 Å². The molecule has 0 bridgehead atoms. The molecular formula is C8H6Cl2NO. The molecule has 0 N–H and O–H groups in total. The molecule has 1 radical (unpaired) electrons. The zero-order valence-electron chi connectivity index (χ0n) is 6.13. The van der Waals surface area contributed by atoms with E-state index in [2.05, 4.69) is 5.32 Å². The highest BCUT2D eigenvalue weighted by Gasteiger charge is 2.01. The van der Waals surface area contributed by atoms with E-state index >= 15 is 0 Å². The molecular weight excluding hydrogens is 197 g/mol. The Morgan fingerprint density at radius 3 is 2.42 bits per heavy atom. The molecule has 2 nitrogen and oxygen atoms in total. The van der Waals surface area contributed by atoms with E-state index in [0.29, 0.717) is 10.7 Å². The molecule has 0 aliphatic rings. The van der Waals surface area contributed by atoms with Gasteiger partial charge < -0.3 is 0 Å². The summed E-state index contributed by atoms with van der Waals surface area (Å²) in [7, 11) is 0. The van der Waals surface area contributed by atoms with Crippen molar-refractivity contribution in [3.05, 3.63) is 29.3 Å². The van der Waals surface area contributed by atoms with Crippen molar-refractivity contribution in [1.82, 2.24) is 5.32 Å². The van der Waals surface area contributed by atoms with Crippen LogP contribution in [0, 0.1) is 0 Å². The Balaban J connectivity index is 2.64. The molecule has 0 fully saturated rings. The first-order valence-electron chi connectivity index (χ1n) is 3.28. The summed E-state index contributed by atoms with van der Waals surface area (Å²) in [6, 6.07) is 6.66. The number of hydrogen-bond acceptors (Lipinski definition) is 1. The maximum atomic E-state index is 10.7. The van der Waals surface area contributed by atoms with Gasteiger partial charge in [0.2, 0.25) is 0 Å². The number of alkyl halides is 1. The Morgan fingerprint density at radius 1 is 1.33 bits per heavy atom. The molecule has 0 atom stereocenters. The fraction of sp³-hybridized carbons (Fsp3) is 0.125. The molecule has 0 saturated carbocycles. The molecule has 63 valence electrons. The number of benzene rings is 1. The van der Waals surface area contributed by atoms with Gasteiger partial charge in [0.1, 0.15) is 5.88 Å². The summed E-state index contributed by atoms with van der Waals surface area (Å²) in [5, 5.41) is 4.31. The summed E-state index contributed by atoms with van der Waals surface area (Å²) in [5.41, 5.74) is 0.574. The van der Waals surface area contributed by atoms with E-state index in [9.17, 15) is 4.79 Å². The van der Waals surface area contributed by atoms with Gasteiger partial charge in [-0.05, 0) is 24.3 Å². The fourth-order valence-corrected chi connectivity index (χ4v) is 0.875. The zero-order chi connectivity index (χ0) is 8.97. The molecule has 12 heavy (non-hydrogen) atoms. The molecule has 4 heteroatoms. The van der Waals surface area contributed by atoms with Crippen molar-refractivity contribution in [2.45, 2.75) is 0 Å². The van der Waals surface area contributed by atoms with Crippen molar-refractivity contribution in [3.8, 4) is 0 Å². The molecule has 0 saturated heterocycles. The molecule has 0 aliphatic carbocycles. The highest BCUT2D eigenvalue weighted by atomic mass is 35.5. The summed E-state index contributed by atoms with van der Waals surface area (Å²) in [4.78, 5) is 10.7. The maximum absolute atomic E-state index is 10.7. The average molecular weight is 203 g/mol. The van der Waals surface area contributed by atoms with Gasteiger partial charge >= 0.3 is 0 Å². The van der Waals surface area contributed by atoms with Gasteiger partial charge in [0.15, 0.2) is 0 Å². The highest BCUT2D eigenvalue weighted by molar-refractivity contribution is 6.30. The lowest BCUT2D eigenvalue weighted by Gasteiger charge is -1.97. The van der Waals surface area contributed by atoms with Crippen LogP contribution >= 0.6 is 23.2 Å². The first-order chi connectivity index (χ1) is 5.72. The zero-order valence-corrected chi connectivity index (χ0v) is 7.64. The topological polar surface area (TPSA) is 31.2 Å². The predicted molar refractivity (Wildman–Crippen MR) is 49.0 cm³/mol. The SMILES string of the molecule is O=C(CCl)[N]c1ccc(Cl)cc1. The molecule has 0 unspecified atom stereocenters. The van der Waals surface area contributed by atoms with Crippen LogP contribution in [0.2, 0.25) is 5.02 Å². The summed E-state index contributed by atoms with van der Waals surface area (Å²) in [5.74, 6) is -0.443. The molecule has 1 aromatic carbocycles. The van der Waals surface area contributed by atoms with Crippen molar-refractivity contribution in [2.75, 3.05) is 5.88 Å². The minimum atomic E-state index is -0.348. The second-order valence-electron chi connectivity index (χ2n) is 2.12. The number of hydrogen-bond donors (Lipinski definition) is 0. The monoisotopic (exact) mass is 202 g/mol. The van der Waals surface area contributed by atoms with Gasteiger partial charge in [0.05, 0.1) is 5.69 Å². The van der Waals surface area contributed by atoms with Gasteiger partial charge in [-0.2, -0.15) is 0 Å². The van der Waals surface area contributed by atoms with Crippen LogP contribution in [0.3, 0.4) is 0 Å². The van der Waals surface area contributed by atoms with Gasteiger partial charge in [0, 0.05) is 5.02 Å². The Kier molecular flexibility index (Phi) is 3.38. The van der Waals surface area contributed by atoms with Gasteiger partial charge in [-0.1, -0.05) is 11.6 Å².